The molecule has 5 nitrogen and oxygen atoms in total. The molecule has 0 amide bonds. The van der Waals surface area contributed by atoms with E-state index >= 15 is 0 Å². The zero-order chi connectivity index (χ0) is 15.1. The minimum absolute atomic E-state index is 0.342. The molecule has 0 radical (unpaired) electrons. The van der Waals surface area contributed by atoms with Crippen LogP contribution in [0.2, 0.25) is 0 Å². The van der Waals surface area contributed by atoms with Gasteiger partial charge in [-0.05, 0) is 34.6 Å². The third kappa shape index (κ3) is 2.19. The maximum absolute atomic E-state index is 4.67. The molecule has 110 valence electrons. The Hall–Kier alpha value is -1.95. The Morgan fingerprint density at radius 2 is 1.86 bits per heavy atom. The van der Waals surface area contributed by atoms with Crippen LogP contribution in [0, 0.1) is 20.8 Å². The van der Waals surface area contributed by atoms with Crippen LogP contribution < -0.4 is 0 Å². The zero-order valence-corrected chi connectivity index (χ0v) is 13.8. The number of imidazole rings is 1. The minimum Gasteiger partial charge on any atom is -0.295 e. The first-order valence-electron chi connectivity index (χ1n) is 7.00. The lowest BCUT2D eigenvalue weighted by molar-refractivity contribution is 0.516. The first-order valence-corrected chi connectivity index (χ1v) is 7.88. The maximum atomic E-state index is 4.67. The van der Waals surface area contributed by atoms with Gasteiger partial charge < -0.3 is 0 Å². The summed E-state index contributed by atoms with van der Waals surface area (Å²) in [6, 6.07) is 0.342. The second kappa shape index (κ2) is 5.11. The van der Waals surface area contributed by atoms with Crippen LogP contribution in [0.5, 0.6) is 0 Å². The van der Waals surface area contributed by atoms with Crippen molar-refractivity contribution in [2.24, 2.45) is 0 Å². The molecule has 0 bridgehead atoms. The molecular formula is C15H19N5S. The molecule has 0 aromatic carbocycles. The third-order valence-electron chi connectivity index (χ3n) is 3.61. The van der Waals surface area contributed by atoms with Crippen LogP contribution in [0.25, 0.3) is 16.4 Å². The van der Waals surface area contributed by atoms with Crippen LogP contribution in [0.1, 0.15) is 37.0 Å². The fourth-order valence-electron chi connectivity index (χ4n) is 2.67. The molecule has 0 saturated carbocycles. The molecule has 0 atom stereocenters. The molecule has 0 N–H and O–H groups in total. The van der Waals surface area contributed by atoms with Crippen molar-refractivity contribution in [1.82, 2.24) is 24.3 Å². The topological polar surface area (TPSA) is 48.5 Å². The highest BCUT2D eigenvalue weighted by molar-refractivity contribution is 7.13. The number of rotatable bonds is 3. The summed E-state index contributed by atoms with van der Waals surface area (Å²) in [5.74, 6) is 0.935. The molecule has 0 aliphatic carbocycles. The fourth-order valence-corrected chi connectivity index (χ4v) is 3.47. The van der Waals surface area contributed by atoms with Gasteiger partial charge in [-0.2, -0.15) is 5.10 Å². The molecular weight excluding hydrogens is 282 g/mol. The molecule has 3 rings (SSSR count). The molecule has 3 aromatic heterocycles. The summed E-state index contributed by atoms with van der Waals surface area (Å²) in [5, 5.41) is 4.67. The number of aryl methyl sites for hydroxylation is 2. The number of nitrogens with zero attached hydrogens (tertiary/aromatic N) is 5. The van der Waals surface area contributed by atoms with E-state index in [4.69, 9.17) is 0 Å². The van der Waals surface area contributed by atoms with Crippen molar-refractivity contribution in [2.75, 3.05) is 0 Å². The average Bonchev–Trinajstić information content (AvgIpc) is 3.09. The van der Waals surface area contributed by atoms with Crippen molar-refractivity contribution in [1.29, 1.82) is 0 Å². The summed E-state index contributed by atoms with van der Waals surface area (Å²) < 4.78 is 4.19. The van der Waals surface area contributed by atoms with E-state index in [1.54, 1.807) is 11.3 Å². The van der Waals surface area contributed by atoms with E-state index in [1.807, 2.05) is 31.8 Å². The van der Waals surface area contributed by atoms with Gasteiger partial charge in [0.05, 0.1) is 33.2 Å². The van der Waals surface area contributed by atoms with Gasteiger partial charge in [-0.1, -0.05) is 0 Å². The summed E-state index contributed by atoms with van der Waals surface area (Å²) in [6.07, 6.45) is 3.83. The maximum Gasteiger partial charge on any atom is 0.156 e. The summed E-state index contributed by atoms with van der Waals surface area (Å²) >= 11 is 1.62. The summed E-state index contributed by atoms with van der Waals surface area (Å²) in [6.45, 7) is 10.5. The van der Waals surface area contributed by atoms with E-state index in [2.05, 4.69) is 45.1 Å². The predicted molar refractivity (Wildman–Crippen MR) is 85.1 cm³/mol. The second-order valence-corrected chi connectivity index (χ2v) is 6.30. The normalized spacial score (nSPS) is 11.5. The SMILES string of the molecule is Cc1ncsc1-c1nccn1-c1c(C)nn(C(C)C)c1C. The van der Waals surface area contributed by atoms with Gasteiger partial charge in [-0.25, -0.2) is 9.97 Å². The van der Waals surface area contributed by atoms with Gasteiger partial charge >= 0.3 is 0 Å². The van der Waals surface area contributed by atoms with Crippen molar-refractivity contribution < 1.29 is 0 Å². The largest absolute Gasteiger partial charge is 0.295 e. The molecule has 21 heavy (non-hydrogen) atoms. The Kier molecular flexibility index (Phi) is 3.41. The lowest BCUT2D eigenvalue weighted by Crippen LogP contribution is -2.06. The molecule has 0 aliphatic heterocycles. The van der Waals surface area contributed by atoms with Crippen LogP contribution in [0.15, 0.2) is 17.9 Å². The number of aromatic nitrogens is 5. The Morgan fingerprint density at radius 1 is 1.10 bits per heavy atom. The monoisotopic (exact) mass is 301 g/mol. The third-order valence-corrected chi connectivity index (χ3v) is 4.53. The first-order chi connectivity index (χ1) is 10.0. The van der Waals surface area contributed by atoms with Gasteiger partial charge in [-0.15, -0.1) is 11.3 Å². The predicted octanol–water partition coefficient (Wildman–Crippen LogP) is 3.70. The fraction of sp³-hybridized carbons (Fsp3) is 0.400. The number of thiazole rings is 1. The lowest BCUT2D eigenvalue weighted by Gasteiger charge is -2.10. The number of hydrogen-bond donors (Lipinski definition) is 0. The molecule has 0 fully saturated rings. The summed E-state index contributed by atoms with van der Waals surface area (Å²) in [7, 11) is 0. The summed E-state index contributed by atoms with van der Waals surface area (Å²) in [5.41, 5.74) is 6.16. The van der Waals surface area contributed by atoms with E-state index < -0.39 is 0 Å². The van der Waals surface area contributed by atoms with Crippen LogP contribution in [0.3, 0.4) is 0 Å². The van der Waals surface area contributed by atoms with Gasteiger partial charge in [0, 0.05) is 18.4 Å². The van der Waals surface area contributed by atoms with Gasteiger partial charge in [0.15, 0.2) is 5.82 Å². The molecule has 3 heterocycles. The van der Waals surface area contributed by atoms with E-state index in [0.717, 1.165) is 33.5 Å². The molecule has 0 aliphatic rings. The molecule has 3 aromatic rings. The van der Waals surface area contributed by atoms with Crippen LogP contribution in [-0.4, -0.2) is 24.3 Å². The van der Waals surface area contributed by atoms with Gasteiger partial charge in [-0.3, -0.25) is 9.25 Å². The van der Waals surface area contributed by atoms with E-state index in [1.165, 1.54) is 0 Å². The minimum atomic E-state index is 0.342. The Balaban J connectivity index is 2.20. The van der Waals surface area contributed by atoms with E-state index in [9.17, 15) is 0 Å². The summed E-state index contributed by atoms with van der Waals surface area (Å²) in [4.78, 5) is 9.97. The molecule has 0 spiro atoms. The smallest absolute Gasteiger partial charge is 0.156 e. The van der Waals surface area contributed by atoms with Crippen molar-refractivity contribution in [3.8, 4) is 16.4 Å². The van der Waals surface area contributed by atoms with Gasteiger partial charge in [0.2, 0.25) is 0 Å². The first kappa shape index (κ1) is 14.0. The highest BCUT2D eigenvalue weighted by Crippen LogP contribution is 2.30. The standard InChI is InChI=1S/C15H19N5S/c1-9(2)20-12(5)13(10(3)18-20)19-7-6-16-15(19)14-11(4)17-8-21-14/h6-9H,1-5H3. The number of hydrogen-bond acceptors (Lipinski definition) is 4. The Morgan fingerprint density at radius 3 is 2.43 bits per heavy atom. The van der Waals surface area contributed by atoms with Crippen LogP contribution in [0.4, 0.5) is 0 Å². The lowest BCUT2D eigenvalue weighted by atomic mass is 10.2. The van der Waals surface area contributed by atoms with Crippen molar-refractivity contribution in [3.05, 3.63) is 35.0 Å². The Labute approximate surface area is 128 Å². The Bertz CT molecular complexity index is 778. The van der Waals surface area contributed by atoms with Crippen molar-refractivity contribution in [3.63, 3.8) is 0 Å². The van der Waals surface area contributed by atoms with Crippen LogP contribution in [-0.2, 0) is 0 Å². The second-order valence-electron chi connectivity index (χ2n) is 5.45. The quantitative estimate of drug-likeness (QED) is 0.741. The van der Waals surface area contributed by atoms with E-state index in [0.29, 0.717) is 6.04 Å². The van der Waals surface area contributed by atoms with Gasteiger partial charge in [0.1, 0.15) is 0 Å². The van der Waals surface area contributed by atoms with Crippen molar-refractivity contribution in [2.45, 2.75) is 40.7 Å². The molecule has 0 unspecified atom stereocenters. The highest BCUT2D eigenvalue weighted by atomic mass is 32.1. The van der Waals surface area contributed by atoms with Crippen LogP contribution >= 0.6 is 11.3 Å². The van der Waals surface area contributed by atoms with Gasteiger partial charge in [0.25, 0.3) is 0 Å². The molecule has 6 heteroatoms. The van der Waals surface area contributed by atoms with E-state index in [-0.39, 0.29) is 0 Å². The zero-order valence-electron chi connectivity index (χ0n) is 13.0. The molecule has 0 saturated heterocycles. The average molecular weight is 301 g/mol. The van der Waals surface area contributed by atoms with Crippen molar-refractivity contribution >= 4 is 11.3 Å². The highest BCUT2D eigenvalue weighted by Gasteiger charge is 2.19.